The van der Waals surface area contributed by atoms with Gasteiger partial charge in [0.15, 0.2) is 0 Å². The molecule has 6 nitrogen and oxygen atoms in total. The van der Waals surface area contributed by atoms with Gasteiger partial charge in [-0.1, -0.05) is 41.3 Å². The number of hydrogen-bond acceptors (Lipinski definition) is 5. The molecule has 0 aliphatic rings. The van der Waals surface area contributed by atoms with Crippen LogP contribution < -0.4 is 0 Å². The molecule has 5 heterocycles. The smallest absolute Gasteiger partial charge is 0.216 e. The van der Waals surface area contributed by atoms with Gasteiger partial charge < -0.3 is 14.0 Å². The summed E-state index contributed by atoms with van der Waals surface area (Å²) in [5.41, 5.74) is 9.01. The fourth-order valence-corrected chi connectivity index (χ4v) is 5.08. The minimum Gasteiger partial charge on any atom is -0.486 e. The number of furan rings is 1. The molecule has 8 rings (SSSR count). The van der Waals surface area contributed by atoms with Gasteiger partial charge in [-0.2, -0.15) is 0 Å². The first-order valence-corrected chi connectivity index (χ1v) is 13.6. The van der Waals surface area contributed by atoms with Crippen LogP contribution >= 0.6 is 0 Å². The molecule has 0 spiro atoms. The normalized spacial score (nSPS) is 10.8. The minimum atomic E-state index is 0. The summed E-state index contributed by atoms with van der Waals surface area (Å²) < 4.78 is 8.34. The number of benzene rings is 3. The molecule has 5 aromatic heterocycles. The molecule has 0 atom stereocenters. The molecule has 0 N–H and O–H groups in total. The molecule has 0 saturated heterocycles. The van der Waals surface area contributed by atoms with Gasteiger partial charge in [-0.25, -0.2) is 4.98 Å². The Kier molecular flexibility index (Phi) is 7.92. The van der Waals surface area contributed by atoms with Crippen LogP contribution in [0.1, 0.15) is 11.3 Å². The summed E-state index contributed by atoms with van der Waals surface area (Å²) in [6.45, 7) is 3.99. The number of imidazole rings is 1. The molecule has 0 bridgehead atoms. The Balaban J connectivity index is 0.000000213. The average molecular weight is 736 g/mol. The van der Waals surface area contributed by atoms with Crippen LogP contribution in [0.15, 0.2) is 120 Å². The Morgan fingerprint density at radius 3 is 2.37 bits per heavy atom. The van der Waals surface area contributed by atoms with E-state index >= 15 is 0 Å². The van der Waals surface area contributed by atoms with Crippen molar-refractivity contribution in [3.05, 3.63) is 139 Å². The van der Waals surface area contributed by atoms with Crippen LogP contribution in [0, 0.1) is 26.0 Å². The molecule has 0 saturated carbocycles. The summed E-state index contributed by atoms with van der Waals surface area (Å²) in [6.07, 6.45) is 5.48. The van der Waals surface area contributed by atoms with Crippen molar-refractivity contribution in [1.82, 2.24) is 24.5 Å². The molecule has 7 heteroatoms. The van der Waals surface area contributed by atoms with Crippen LogP contribution in [0.3, 0.4) is 0 Å². The summed E-state index contributed by atoms with van der Waals surface area (Å²) in [5, 5.41) is 2.00. The van der Waals surface area contributed by atoms with E-state index in [1.165, 1.54) is 0 Å². The van der Waals surface area contributed by atoms with Gasteiger partial charge in [0.2, 0.25) is 5.71 Å². The van der Waals surface area contributed by atoms with Crippen molar-refractivity contribution in [2.75, 3.05) is 0 Å². The molecule has 1 radical (unpaired) electrons. The van der Waals surface area contributed by atoms with Crippen molar-refractivity contribution >= 4 is 33.1 Å². The maximum absolute atomic E-state index is 6.22. The topological polar surface area (TPSA) is 69.6 Å². The summed E-state index contributed by atoms with van der Waals surface area (Å²) in [6, 6.07) is 38.4. The minimum absolute atomic E-state index is 0. The third-order valence-corrected chi connectivity index (χ3v) is 7.08. The van der Waals surface area contributed by atoms with Crippen LogP contribution in [0.2, 0.25) is 0 Å². The molecular weight excluding hydrogens is 711 g/mol. The van der Waals surface area contributed by atoms with Crippen molar-refractivity contribution in [3.8, 4) is 28.3 Å². The van der Waals surface area contributed by atoms with E-state index in [2.05, 4.69) is 49.9 Å². The molecule has 0 amide bonds. The van der Waals surface area contributed by atoms with Gasteiger partial charge in [0, 0.05) is 49.3 Å². The largest absolute Gasteiger partial charge is 0.486 e. The zero-order valence-corrected chi connectivity index (χ0v) is 25.8. The van der Waals surface area contributed by atoms with E-state index in [9.17, 15) is 0 Å². The first-order chi connectivity index (χ1) is 20.7. The van der Waals surface area contributed by atoms with Crippen molar-refractivity contribution in [2.24, 2.45) is 0 Å². The molecule has 0 fully saturated rings. The third-order valence-electron chi connectivity index (χ3n) is 7.08. The van der Waals surface area contributed by atoms with Crippen molar-refractivity contribution in [2.45, 2.75) is 13.8 Å². The number of aryl methyl sites for hydroxylation is 2. The summed E-state index contributed by atoms with van der Waals surface area (Å²) >= 11 is 0. The van der Waals surface area contributed by atoms with Crippen molar-refractivity contribution < 1.29 is 24.5 Å². The Hall–Kier alpha value is -4.97. The number of fused-ring (bicyclic) bond motifs is 4. The van der Waals surface area contributed by atoms with E-state index in [4.69, 9.17) is 9.40 Å². The van der Waals surface area contributed by atoms with E-state index < -0.39 is 0 Å². The van der Waals surface area contributed by atoms with Crippen LogP contribution in [-0.4, -0.2) is 24.5 Å². The first-order valence-electron chi connectivity index (χ1n) is 13.6. The number of hydrogen-bond donors (Lipinski definition) is 0. The maximum Gasteiger partial charge on any atom is 0.216 e. The zero-order valence-electron chi connectivity index (χ0n) is 23.4. The Labute approximate surface area is 262 Å². The van der Waals surface area contributed by atoms with Gasteiger partial charge in [0.1, 0.15) is 0 Å². The van der Waals surface area contributed by atoms with Crippen molar-refractivity contribution in [1.29, 1.82) is 0 Å². The Morgan fingerprint density at radius 2 is 1.58 bits per heavy atom. The van der Waals surface area contributed by atoms with E-state index in [1.807, 2.05) is 105 Å². The van der Waals surface area contributed by atoms with E-state index in [-0.39, 0.29) is 20.1 Å². The maximum atomic E-state index is 6.22. The summed E-state index contributed by atoms with van der Waals surface area (Å²) in [4.78, 5) is 18.2. The van der Waals surface area contributed by atoms with Gasteiger partial charge in [0.05, 0.1) is 28.6 Å². The summed E-state index contributed by atoms with van der Waals surface area (Å²) in [5.74, 6) is 0.772. The molecule has 3 aromatic carbocycles. The van der Waals surface area contributed by atoms with Crippen LogP contribution in [-0.2, 0) is 20.1 Å². The molecule has 0 aliphatic carbocycles. The first kappa shape index (κ1) is 28.2. The van der Waals surface area contributed by atoms with Crippen LogP contribution in [0.5, 0.6) is 0 Å². The molecule has 0 aliphatic heterocycles. The number of aromatic nitrogens is 5. The van der Waals surface area contributed by atoms with E-state index in [0.717, 1.165) is 67.0 Å². The van der Waals surface area contributed by atoms with Gasteiger partial charge >= 0.3 is 0 Å². The molecular formula is C36H25IrN5O-2. The van der Waals surface area contributed by atoms with Crippen LogP contribution in [0.25, 0.3) is 61.4 Å². The quantitative estimate of drug-likeness (QED) is 0.171. The number of pyridine rings is 3. The fourth-order valence-electron chi connectivity index (χ4n) is 5.08. The van der Waals surface area contributed by atoms with E-state index in [1.54, 1.807) is 6.20 Å². The molecule has 43 heavy (non-hydrogen) atoms. The van der Waals surface area contributed by atoms with Crippen molar-refractivity contribution in [3.63, 3.8) is 0 Å². The molecule has 211 valence electrons. The van der Waals surface area contributed by atoms with Gasteiger partial charge in [-0.05, 0) is 55.4 Å². The predicted molar refractivity (Wildman–Crippen MR) is 166 cm³/mol. The van der Waals surface area contributed by atoms with Gasteiger partial charge in [-0.15, -0.1) is 54.1 Å². The predicted octanol–water partition coefficient (Wildman–Crippen LogP) is 8.35. The molecule has 0 unspecified atom stereocenters. The Bertz CT molecular complexity index is 2120. The molecule has 8 aromatic rings. The SMILES string of the molecule is Cc1ccc2c(n1)oc1c(-c3nc4c(C)cncc4n3-c3ccccc3)[c-]ccc12.[Ir].[c-]1ccccc1-c1ccccn1. The number of nitrogens with zero attached hydrogens (tertiary/aromatic N) is 5. The number of rotatable bonds is 3. The second-order valence-corrected chi connectivity index (χ2v) is 9.92. The summed E-state index contributed by atoms with van der Waals surface area (Å²) in [7, 11) is 0. The Morgan fingerprint density at radius 1 is 0.744 bits per heavy atom. The van der Waals surface area contributed by atoms with Gasteiger partial charge in [0.25, 0.3) is 0 Å². The second kappa shape index (κ2) is 12.1. The average Bonchev–Trinajstić information content (AvgIpc) is 3.62. The number of para-hydroxylation sites is 1. The zero-order chi connectivity index (χ0) is 28.5. The standard InChI is InChI=1S/C25H17N4O.C11H8N.Ir/c1-15-13-26-14-21-22(15)28-24(29(21)17-7-4-3-5-8-17)20-10-6-9-18-19-12-11-16(2)27-25(19)30-23(18)20;1-2-6-10(7-3-1)11-8-4-5-9-12-11;/h3-9,11-14H,1-2H3;1-6,8-9H;/q2*-1;. The monoisotopic (exact) mass is 736 g/mol. The van der Waals surface area contributed by atoms with Crippen LogP contribution in [0.4, 0.5) is 0 Å². The van der Waals surface area contributed by atoms with E-state index in [0.29, 0.717) is 5.71 Å². The second-order valence-electron chi connectivity index (χ2n) is 9.92. The fraction of sp³-hybridized carbons (Fsp3) is 0.0556. The third kappa shape index (κ3) is 5.36. The van der Waals surface area contributed by atoms with Gasteiger partial charge in [-0.3, -0.25) is 9.97 Å².